The van der Waals surface area contributed by atoms with Crippen molar-refractivity contribution in [1.82, 2.24) is 0 Å². The molecule has 0 bridgehead atoms. The van der Waals surface area contributed by atoms with Gasteiger partial charge in [-0.2, -0.15) is 10.2 Å². The SMILES string of the molecule is CC1=NN(c2ccccc2)C(=O)[C@H]1C(c1ccccc1)[C@@H]1C(=O)N(c2ccccc2)N=C1C. The zero-order valence-corrected chi connectivity index (χ0v) is 18.5. The number of carbonyl (C=O) groups is 2. The zero-order chi connectivity index (χ0) is 22.9. The molecule has 2 amide bonds. The minimum absolute atomic E-state index is 0.133. The van der Waals surface area contributed by atoms with Crippen molar-refractivity contribution in [1.29, 1.82) is 0 Å². The lowest BCUT2D eigenvalue weighted by atomic mass is 9.73. The smallest absolute Gasteiger partial charge is 0.256 e. The molecule has 5 rings (SSSR count). The lowest BCUT2D eigenvalue weighted by Crippen LogP contribution is -2.40. The predicted molar refractivity (Wildman–Crippen MR) is 130 cm³/mol. The van der Waals surface area contributed by atoms with E-state index < -0.39 is 17.8 Å². The standard InChI is InChI=1S/C27H24N4O2/c1-18-23(26(32)30(28-18)21-14-8-4-9-15-21)25(20-12-6-3-7-13-20)24-19(2)29-31(27(24)33)22-16-10-5-11-17-22/h3-17,23-25H,1-2H3/t23-,24-/m1/s1. The molecular weight excluding hydrogens is 412 g/mol. The molecule has 33 heavy (non-hydrogen) atoms. The first-order chi connectivity index (χ1) is 16.1. The lowest BCUT2D eigenvalue weighted by molar-refractivity contribution is -0.122. The number of hydrogen-bond donors (Lipinski definition) is 0. The first kappa shape index (κ1) is 20.8. The molecular formula is C27H24N4O2. The van der Waals surface area contributed by atoms with E-state index in [0.717, 1.165) is 5.56 Å². The molecule has 0 aliphatic carbocycles. The van der Waals surface area contributed by atoms with Gasteiger partial charge in [-0.15, -0.1) is 0 Å². The van der Waals surface area contributed by atoms with Crippen LogP contribution in [0.4, 0.5) is 11.4 Å². The van der Waals surface area contributed by atoms with Crippen LogP contribution in [0.5, 0.6) is 0 Å². The molecule has 2 aliphatic rings. The van der Waals surface area contributed by atoms with Crippen LogP contribution in [0.3, 0.4) is 0 Å². The normalized spacial score (nSPS) is 20.5. The van der Waals surface area contributed by atoms with Gasteiger partial charge in [-0.3, -0.25) is 9.59 Å². The average Bonchev–Trinajstić information content (AvgIpc) is 3.31. The average molecular weight is 437 g/mol. The predicted octanol–water partition coefficient (Wildman–Crippen LogP) is 4.85. The number of nitrogens with zero attached hydrogens (tertiary/aromatic N) is 4. The van der Waals surface area contributed by atoms with E-state index in [2.05, 4.69) is 10.2 Å². The summed E-state index contributed by atoms with van der Waals surface area (Å²) in [6.07, 6.45) is 0. The molecule has 3 aromatic carbocycles. The Kier molecular flexibility index (Phi) is 5.34. The van der Waals surface area contributed by atoms with Gasteiger partial charge in [0.05, 0.1) is 23.2 Å². The van der Waals surface area contributed by atoms with Crippen molar-refractivity contribution < 1.29 is 9.59 Å². The van der Waals surface area contributed by atoms with E-state index in [9.17, 15) is 9.59 Å². The number of rotatable bonds is 5. The van der Waals surface area contributed by atoms with Crippen LogP contribution in [0.1, 0.15) is 25.3 Å². The number of hydrazone groups is 2. The first-order valence-corrected chi connectivity index (χ1v) is 11.0. The van der Waals surface area contributed by atoms with Crippen molar-refractivity contribution in [2.24, 2.45) is 22.0 Å². The molecule has 3 aromatic rings. The van der Waals surface area contributed by atoms with E-state index in [4.69, 9.17) is 0 Å². The third kappa shape index (κ3) is 3.63. The highest BCUT2D eigenvalue weighted by Gasteiger charge is 2.49. The van der Waals surface area contributed by atoms with E-state index in [0.29, 0.717) is 22.8 Å². The number of anilines is 2. The Morgan fingerprint density at radius 1 is 0.606 bits per heavy atom. The van der Waals surface area contributed by atoms with Gasteiger partial charge >= 0.3 is 0 Å². The fourth-order valence-corrected chi connectivity index (χ4v) is 4.75. The molecule has 0 spiro atoms. The molecule has 0 saturated carbocycles. The van der Waals surface area contributed by atoms with Crippen molar-refractivity contribution in [2.75, 3.05) is 10.0 Å². The minimum Gasteiger partial charge on any atom is -0.272 e. The molecule has 0 aromatic heterocycles. The van der Waals surface area contributed by atoms with Crippen LogP contribution in [-0.2, 0) is 9.59 Å². The molecule has 6 heteroatoms. The number of hydrogen-bond acceptors (Lipinski definition) is 4. The fraction of sp³-hybridized carbons (Fsp3) is 0.185. The zero-order valence-electron chi connectivity index (χ0n) is 18.5. The molecule has 0 fully saturated rings. The van der Waals surface area contributed by atoms with Crippen LogP contribution in [0, 0.1) is 11.8 Å². The summed E-state index contributed by atoms with van der Waals surface area (Å²) in [5.41, 5.74) is 3.73. The maximum absolute atomic E-state index is 13.7. The lowest BCUT2D eigenvalue weighted by Gasteiger charge is -2.28. The molecule has 2 heterocycles. The molecule has 2 aliphatic heterocycles. The minimum atomic E-state index is -0.567. The fourth-order valence-electron chi connectivity index (χ4n) is 4.75. The van der Waals surface area contributed by atoms with Gasteiger partial charge in [-0.25, -0.2) is 10.0 Å². The van der Waals surface area contributed by atoms with E-state index in [1.807, 2.05) is 105 Å². The van der Waals surface area contributed by atoms with Crippen molar-refractivity contribution in [3.05, 3.63) is 96.6 Å². The van der Waals surface area contributed by atoms with E-state index >= 15 is 0 Å². The molecule has 0 saturated heterocycles. The Bertz CT molecular complexity index is 1160. The summed E-state index contributed by atoms with van der Waals surface area (Å²) >= 11 is 0. The molecule has 164 valence electrons. The molecule has 0 N–H and O–H groups in total. The number of amides is 2. The second kappa shape index (κ2) is 8.47. The third-order valence-electron chi connectivity index (χ3n) is 6.27. The summed E-state index contributed by atoms with van der Waals surface area (Å²) < 4.78 is 0. The van der Waals surface area contributed by atoms with Crippen LogP contribution in [0.25, 0.3) is 0 Å². The highest BCUT2D eigenvalue weighted by Crippen LogP contribution is 2.42. The summed E-state index contributed by atoms with van der Waals surface area (Å²) in [7, 11) is 0. The summed E-state index contributed by atoms with van der Waals surface area (Å²) in [4.78, 5) is 27.4. The number of carbonyl (C=O) groups excluding carboxylic acids is 2. The maximum atomic E-state index is 13.7. The second-order valence-corrected chi connectivity index (χ2v) is 8.35. The van der Waals surface area contributed by atoms with Gasteiger partial charge in [-0.1, -0.05) is 66.7 Å². The number of benzene rings is 3. The van der Waals surface area contributed by atoms with Gasteiger partial charge in [-0.05, 0) is 43.7 Å². The Balaban J connectivity index is 1.56. The highest BCUT2D eigenvalue weighted by atomic mass is 16.2. The Hall–Kier alpha value is -4.06. The summed E-state index contributed by atoms with van der Waals surface area (Å²) in [6, 6.07) is 28.5. The Labute approximate surface area is 192 Å². The van der Waals surface area contributed by atoms with Gasteiger partial charge in [0.1, 0.15) is 0 Å². The van der Waals surface area contributed by atoms with E-state index in [1.54, 1.807) is 0 Å². The largest absolute Gasteiger partial charge is 0.272 e. The van der Waals surface area contributed by atoms with Gasteiger partial charge in [0.15, 0.2) is 0 Å². The van der Waals surface area contributed by atoms with Crippen LogP contribution in [-0.4, -0.2) is 23.2 Å². The third-order valence-corrected chi connectivity index (χ3v) is 6.27. The van der Waals surface area contributed by atoms with Crippen LogP contribution in [0.2, 0.25) is 0 Å². The molecule has 6 nitrogen and oxygen atoms in total. The highest BCUT2D eigenvalue weighted by molar-refractivity contribution is 6.19. The maximum Gasteiger partial charge on any atom is 0.256 e. The van der Waals surface area contributed by atoms with Crippen molar-refractivity contribution >= 4 is 34.6 Å². The van der Waals surface area contributed by atoms with Crippen molar-refractivity contribution in [3.63, 3.8) is 0 Å². The van der Waals surface area contributed by atoms with Gasteiger partial charge in [0, 0.05) is 17.3 Å². The number of para-hydroxylation sites is 2. The Morgan fingerprint density at radius 3 is 1.36 bits per heavy atom. The summed E-state index contributed by atoms with van der Waals surface area (Å²) in [6.45, 7) is 3.73. The van der Waals surface area contributed by atoms with Gasteiger partial charge in [0.25, 0.3) is 11.8 Å². The van der Waals surface area contributed by atoms with Crippen LogP contribution < -0.4 is 10.0 Å². The molecule has 2 atom stereocenters. The summed E-state index contributed by atoms with van der Waals surface area (Å²) in [5, 5.41) is 12.1. The van der Waals surface area contributed by atoms with Gasteiger partial charge < -0.3 is 0 Å². The van der Waals surface area contributed by atoms with E-state index in [-0.39, 0.29) is 11.8 Å². The monoisotopic (exact) mass is 436 g/mol. The molecule has 0 radical (unpaired) electrons. The van der Waals surface area contributed by atoms with Gasteiger partial charge in [0.2, 0.25) is 0 Å². The quantitative estimate of drug-likeness (QED) is 0.574. The molecule has 0 unspecified atom stereocenters. The summed E-state index contributed by atoms with van der Waals surface area (Å²) in [5.74, 6) is -1.82. The Morgan fingerprint density at radius 2 is 0.970 bits per heavy atom. The topological polar surface area (TPSA) is 65.3 Å². The van der Waals surface area contributed by atoms with Crippen molar-refractivity contribution in [3.8, 4) is 0 Å². The van der Waals surface area contributed by atoms with E-state index in [1.165, 1.54) is 10.0 Å². The van der Waals surface area contributed by atoms with Crippen LogP contribution in [0.15, 0.2) is 101 Å². The second-order valence-electron chi connectivity index (χ2n) is 8.35. The first-order valence-electron chi connectivity index (χ1n) is 11.0. The van der Waals surface area contributed by atoms with Crippen LogP contribution >= 0.6 is 0 Å². The van der Waals surface area contributed by atoms with Crippen molar-refractivity contribution in [2.45, 2.75) is 19.8 Å².